The number of amidine groups is 1. The number of aliphatic hydroxyl groups is 1. The van der Waals surface area contributed by atoms with Gasteiger partial charge in [-0.2, -0.15) is 0 Å². The van der Waals surface area contributed by atoms with Gasteiger partial charge in [0.2, 0.25) is 0 Å². The van der Waals surface area contributed by atoms with Gasteiger partial charge in [-0.25, -0.2) is 0 Å². The predicted octanol–water partition coefficient (Wildman–Crippen LogP) is 1.33. The molecule has 1 aromatic rings. The molecular weight excluding hydrogens is 240 g/mol. The van der Waals surface area contributed by atoms with E-state index in [2.05, 4.69) is 9.88 Å². The molecule has 0 spiro atoms. The molecule has 104 valence electrons. The molecule has 1 aliphatic heterocycles. The van der Waals surface area contributed by atoms with E-state index in [4.69, 9.17) is 11.1 Å². The van der Waals surface area contributed by atoms with E-state index in [0.29, 0.717) is 12.1 Å². The van der Waals surface area contributed by atoms with Gasteiger partial charge in [0.15, 0.2) is 0 Å². The zero-order chi connectivity index (χ0) is 14.2. The quantitative estimate of drug-likeness (QED) is 0.554. The highest BCUT2D eigenvalue weighted by Gasteiger charge is 2.30. The molecule has 1 unspecified atom stereocenters. The first-order chi connectivity index (χ1) is 8.80. The molecule has 1 aliphatic rings. The number of rotatable bonds is 2. The monoisotopic (exact) mass is 262 g/mol. The summed E-state index contributed by atoms with van der Waals surface area (Å²) in [5.41, 5.74) is 8.28. The predicted molar refractivity (Wildman–Crippen MR) is 76.8 cm³/mol. The number of aromatic nitrogens is 1. The fourth-order valence-electron chi connectivity index (χ4n) is 2.82. The highest BCUT2D eigenvalue weighted by molar-refractivity contribution is 6.01. The lowest BCUT2D eigenvalue weighted by Crippen LogP contribution is -2.46. The smallest absolute Gasteiger partial charge is 0.126 e. The van der Waals surface area contributed by atoms with E-state index in [0.717, 1.165) is 36.5 Å². The number of pyridine rings is 1. The number of β-amino-alcohol motifs (C(OH)–C–C–N with tert-alkyl or cyclic N) is 1. The third-order valence-corrected chi connectivity index (χ3v) is 3.59. The van der Waals surface area contributed by atoms with Crippen molar-refractivity contribution in [3.05, 3.63) is 23.0 Å². The normalized spacial score (nSPS) is 23.5. The van der Waals surface area contributed by atoms with Gasteiger partial charge in [0.05, 0.1) is 22.5 Å². The van der Waals surface area contributed by atoms with Crippen LogP contribution in [0.2, 0.25) is 0 Å². The second kappa shape index (κ2) is 4.81. The van der Waals surface area contributed by atoms with E-state index < -0.39 is 5.60 Å². The van der Waals surface area contributed by atoms with Crippen LogP contribution in [0, 0.1) is 19.3 Å². The van der Waals surface area contributed by atoms with Crippen LogP contribution in [-0.2, 0) is 0 Å². The maximum atomic E-state index is 10.2. The Balaban J connectivity index is 2.46. The van der Waals surface area contributed by atoms with Gasteiger partial charge >= 0.3 is 0 Å². The van der Waals surface area contributed by atoms with Crippen LogP contribution >= 0.6 is 0 Å². The Bertz CT molecular complexity index is 510. The average molecular weight is 262 g/mol. The Morgan fingerprint density at radius 2 is 2.21 bits per heavy atom. The molecular formula is C14H22N4O. The molecule has 0 radical (unpaired) electrons. The minimum atomic E-state index is -0.683. The molecule has 0 saturated carbocycles. The Morgan fingerprint density at radius 3 is 2.79 bits per heavy atom. The number of nitrogens with two attached hydrogens (primary N) is 1. The van der Waals surface area contributed by atoms with Gasteiger partial charge in [0.25, 0.3) is 0 Å². The zero-order valence-corrected chi connectivity index (χ0v) is 11.8. The summed E-state index contributed by atoms with van der Waals surface area (Å²) >= 11 is 0. The van der Waals surface area contributed by atoms with Crippen molar-refractivity contribution in [3.63, 3.8) is 0 Å². The van der Waals surface area contributed by atoms with Crippen LogP contribution in [0.3, 0.4) is 0 Å². The van der Waals surface area contributed by atoms with Crippen LogP contribution in [-0.4, -0.2) is 34.6 Å². The molecule has 1 aromatic heterocycles. The molecule has 0 amide bonds. The van der Waals surface area contributed by atoms with Crippen molar-refractivity contribution in [1.82, 2.24) is 4.98 Å². The van der Waals surface area contributed by atoms with E-state index in [1.807, 2.05) is 26.8 Å². The Labute approximate surface area is 114 Å². The maximum Gasteiger partial charge on any atom is 0.126 e. The fraction of sp³-hybridized carbons (Fsp3) is 0.571. The summed E-state index contributed by atoms with van der Waals surface area (Å²) in [6, 6.07) is 1.95. The minimum absolute atomic E-state index is 0.0326. The highest BCUT2D eigenvalue weighted by Crippen LogP contribution is 2.29. The molecule has 1 atom stereocenters. The van der Waals surface area contributed by atoms with E-state index in [9.17, 15) is 5.11 Å². The van der Waals surface area contributed by atoms with E-state index in [1.165, 1.54) is 0 Å². The van der Waals surface area contributed by atoms with Crippen LogP contribution in [0.15, 0.2) is 6.07 Å². The van der Waals surface area contributed by atoms with Gasteiger partial charge in [-0.15, -0.1) is 0 Å². The van der Waals surface area contributed by atoms with E-state index in [-0.39, 0.29) is 5.84 Å². The standard InChI is InChI=1S/C14H22N4O/c1-9-7-11(12(13(15)16)10(2)17-9)18-6-4-5-14(3,19)8-18/h7,19H,4-6,8H2,1-3H3,(H3,15,16). The number of anilines is 1. The van der Waals surface area contributed by atoms with Gasteiger partial charge < -0.3 is 15.7 Å². The van der Waals surface area contributed by atoms with E-state index >= 15 is 0 Å². The zero-order valence-electron chi connectivity index (χ0n) is 11.8. The lowest BCUT2D eigenvalue weighted by molar-refractivity contribution is 0.0449. The van der Waals surface area contributed by atoms with Crippen LogP contribution < -0.4 is 10.6 Å². The Hall–Kier alpha value is -1.62. The van der Waals surface area contributed by atoms with Crippen molar-refractivity contribution in [1.29, 1.82) is 5.41 Å². The summed E-state index contributed by atoms with van der Waals surface area (Å²) < 4.78 is 0. The average Bonchev–Trinajstić information content (AvgIpc) is 2.25. The Morgan fingerprint density at radius 1 is 1.53 bits per heavy atom. The molecule has 5 heteroatoms. The van der Waals surface area contributed by atoms with Crippen LogP contribution in [0.5, 0.6) is 0 Å². The third kappa shape index (κ3) is 2.87. The lowest BCUT2D eigenvalue weighted by atomic mass is 9.94. The lowest BCUT2D eigenvalue weighted by Gasteiger charge is -2.39. The second-order valence-corrected chi connectivity index (χ2v) is 5.68. The largest absolute Gasteiger partial charge is 0.388 e. The third-order valence-electron chi connectivity index (χ3n) is 3.59. The van der Waals surface area contributed by atoms with Gasteiger partial charge in [0.1, 0.15) is 5.84 Å². The maximum absolute atomic E-state index is 10.2. The second-order valence-electron chi connectivity index (χ2n) is 5.68. The van der Waals surface area contributed by atoms with Crippen molar-refractivity contribution in [3.8, 4) is 0 Å². The first-order valence-electron chi connectivity index (χ1n) is 6.60. The number of piperidine rings is 1. The molecule has 0 aliphatic carbocycles. The van der Waals surface area contributed by atoms with Crippen molar-refractivity contribution in [2.45, 2.75) is 39.2 Å². The summed E-state index contributed by atoms with van der Waals surface area (Å²) in [5.74, 6) is 0.0326. The van der Waals surface area contributed by atoms with Gasteiger partial charge in [-0.3, -0.25) is 10.4 Å². The number of nitrogen functional groups attached to an aromatic ring is 1. The molecule has 1 fully saturated rings. The first-order valence-corrected chi connectivity index (χ1v) is 6.60. The number of nitrogens with zero attached hydrogens (tertiary/aromatic N) is 2. The highest BCUT2D eigenvalue weighted by atomic mass is 16.3. The first kappa shape index (κ1) is 13.8. The molecule has 0 aromatic carbocycles. The minimum Gasteiger partial charge on any atom is -0.388 e. The summed E-state index contributed by atoms with van der Waals surface area (Å²) in [5, 5.41) is 18.0. The number of hydrogen-bond acceptors (Lipinski definition) is 4. The summed E-state index contributed by atoms with van der Waals surface area (Å²) in [7, 11) is 0. The van der Waals surface area contributed by atoms with Crippen LogP contribution in [0.4, 0.5) is 5.69 Å². The van der Waals surface area contributed by atoms with Crippen LogP contribution in [0.1, 0.15) is 36.7 Å². The van der Waals surface area contributed by atoms with Crippen LogP contribution in [0.25, 0.3) is 0 Å². The summed E-state index contributed by atoms with van der Waals surface area (Å²) in [4.78, 5) is 6.49. The van der Waals surface area contributed by atoms with Gasteiger partial charge in [-0.05, 0) is 39.7 Å². The molecule has 2 rings (SSSR count). The van der Waals surface area contributed by atoms with E-state index in [1.54, 1.807) is 0 Å². The summed E-state index contributed by atoms with van der Waals surface area (Å²) in [6.07, 6.45) is 1.74. The topological polar surface area (TPSA) is 86.2 Å². The number of aryl methyl sites for hydroxylation is 2. The van der Waals surface area contributed by atoms with Crippen molar-refractivity contribution in [2.24, 2.45) is 5.73 Å². The van der Waals surface area contributed by atoms with Crippen molar-refractivity contribution >= 4 is 11.5 Å². The molecule has 2 heterocycles. The Kier molecular flexibility index (Phi) is 3.49. The SMILES string of the molecule is Cc1cc(N2CCCC(C)(O)C2)c(C(=N)N)c(C)n1. The van der Waals surface area contributed by atoms with Crippen molar-refractivity contribution < 1.29 is 5.11 Å². The number of nitrogens with one attached hydrogen (secondary N) is 1. The fourth-order valence-corrected chi connectivity index (χ4v) is 2.82. The molecule has 1 saturated heterocycles. The number of hydrogen-bond donors (Lipinski definition) is 3. The van der Waals surface area contributed by atoms with Crippen molar-refractivity contribution in [2.75, 3.05) is 18.0 Å². The summed E-state index contributed by atoms with van der Waals surface area (Å²) in [6.45, 7) is 7.10. The van der Waals surface area contributed by atoms with Gasteiger partial charge in [-0.1, -0.05) is 0 Å². The molecule has 0 bridgehead atoms. The molecule has 19 heavy (non-hydrogen) atoms. The molecule has 5 nitrogen and oxygen atoms in total. The molecule has 4 N–H and O–H groups in total. The van der Waals surface area contributed by atoms with Gasteiger partial charge in [0, 0.05) is 18.8 Å².